The number of hydrogen-bond acceptors (Lipinski definition) is 7. The van der Waals surface area contributed by atoms with Gasteiger partial charge in [0.25, 0.3) is 5.69 Å². The van der Waals surface area contributed by atoms with E-state index in [-0.39, 0.29) is 0 Å². The largest absolute Gasteiger partial charge is 0.758 e. The third-order valence-electron chi connectivity index (χ3n) is 6.45. The molecule has 0 saturated heterocycles. The summed E-state index contributed by atoms with van der Waals surface area (Å²) in [7, 11) is 6.24. The Morgan fingerprint density at radius 1 is 0.667 bits per heavy atom. The summed E-state index contributed by atoms with van der Waals surface area (Å²) in [5, 5.41) is 18.7. The van der Waals surface area contributed by atoms with Crippen LogP contribution in [0.4, 0.5) is 11.4 Å². The summed E-state index contributed by atoms with van der Waals surface area (Å²) in [5.74, 6) is 1.81. The summed E-state index contributed by atoms with van der Waals surface area (Å²) < 4.78 is 24.5. The SMILES string of the molecule is COc1c(OC)c2ccc([N+](=O)C(C)(C)C)c3c(OC)c(OC)c4c(N([O-])C(C)(C)C)ccc1c4c23. The van der Waals surface area contributed by atoms with Crippen LogP contribution in [-0.4, -0.2) is 44.3 Å². The van der Waals surface area contributed by atoms with Gasteiger partial charge in [-0.25, -0.2) is 0 Å². The van der Waals surface area contributed by atoms with E-state index in [1.807, 2.05) is 53.7 Å². The van der Waals surface area contributed by atoms with E-state index in [9.17, 15) is 10.1 Å². The summed E-state index contributed by atoms with van der Waals surface area (Å²) in [6.45, 7) is 11.1. The van der Waals surface area contributed by atoms with E-state index in [1.54, 1.807) is 26.4 Å². The van der Waals surface area contributed by atoms with Crippen LogP contribution in [0.2, 0.25) is 0 Å². The van der Waals surface area contributed by atoms with Crippen molar-refractivity contribution >= 4 is 43.7 Å². The fourth-order valence-corrected chi connectivity index (χ4v) is 4.87. The molecule has 0 unspecified atom stereocenters. The highest BCUT2D eigenvalue weighted by Crippen LogP contribution is 2.57. The maximum Gasteiger partial charge on any atom is 0.268 e. The quantitative estimate of drug-likeness (QED) is 0.163. The molecule has 0 spiro atoms. The zero-order valence-electron chi connectivity index (χ0n) is 22.7. The van der Waals surface area contributed by atoms with Gasteiger partial charge in [-0.05, 0) is 39.0 Å². The molecule has 0 saturated carbocycles. The van der Waals surface area contributed by atoms with Crippen molar-refractivity contribution in [2.24, 2.45) is 0 Å². The Balaban J connectivity index is 2.42. The van der Waals surface area contributed by atoms with Crippen molar-refractivity contribution in [3.05, 3.63) is 34.4 Å². The number of hydrogen-bond donors (Lipinski definition) is 0. The molecule has 4 aromatic rings. The Hall–Kier alpha value is -3.52. The fraction of sp³-hybridized carbons (Fsp3) is 0.429. The number of anilines is 1. The zero-order valence-corrected chi connectivity index (χ0v) is 22.7. The summed E-state index contributed by atoms with van der Waals surface area (Å²) in [5.41, 5.74) is -0.570. The van der Waals surface area contributed by atoms with Crippen LogP contribution < -0.4 is 24.0 Å². The van der Waals surface area contributed by atoms with Crippen LogP contribution in [-0.2, 0) is 0 Å². The third kappa shape index (κ3) is 3.54. The Bertz CT molecular complexity index is 1480. The highest BCUT2D eigenvalue weighted by molar-refractivity contribution is 6.33. The molecule has 0 radical (unpaired) electrons. The van der Waals surface area contributed by atoms with Crippen molar-refractivity contribution in [1.82, 2.24) is 0 Å². The molecule has 0 aliphatic heterocycles. The lowest BCUT2D eigenvalue weighted by atomic mass is 9.89. The average molecular weight is 495 g/mol. The minimum atomic E-state index is -0.716. The van der Waals surface area contributed by atoms with E-state index >= 15 is 0 Å². The lowest BCUT2D eigenvalue weighted by Gasteiger charge is -2.44. The number of methoxy groups -OCH3 is 4. The molecule has 8 heteroatoms. The minimum absolute atomic E-state index is 0.374. The molecule has 0 heterocycles. The van der Waals surface area contributed by atoms with Crippen LogP contribution in [0.5, 0.6) is 23.0 Å². The van der Waals surface area contributed by atoms with Crippen molar-refractivity contribution in [2.75, 3.05) is 33.5 Å². The van der Waals surface area contributed by atoms with Gasteiger partial charge in [-0.1, -0.05) is 0 Å². The Labute approximate surface area is 211 Å². The Kier molecular flexibility index (Phi) is 6.07. The van der Waals surface area contributed by atoms with Gasteiger partial charge in [0.1, 0.15) is 5.39 Å². The number of nitrogens with zero attached hydrogens (tertiary/aromatic N) is 2. The van der Waals surface area contributed by atoms with Gasteiger partial charge in [-0.2, -0.15) is 0 Å². The van der Waals surface area contributed by atoms with Crippen molar-refractivity contribution in [3.8, 4) is 23.0 Å². The maximum absolute atomic E-state index is 13.6. The van der Waals surface area contributed by atoms with E-state index < -0.39 is 11.1 Å². The number of nitroso groups, excluding NO2 is 1. The maximum atomic E-state index is 13.6. The molecule has 0 N–H and O–H groups in total. The molecular weight excluding hydrogens is 460 g/mol. The molecule has 0 fully saturated rings. The lowest BCUT2D eigenvalue weighted by molar-refractivity contribution is -0.538. The highest BCUT2D eigenvalue weighted by Gasteiger charge is 2.37. The Morgan fingerprint density at radius 2 is 1.11 bits per heavy atom. The summed E-state index contributed by atoms with van der Waals surface area (Å²) in [6, 6.07) is 7.23. The second kappa shape index (κ2) is 8.55. The lowest BCUT2D eigenvalue weighted by Crippen LogP contribution is -2.36. The monoisotopic (exact) mass is 494 g/mol. The van der Waals surface area contributed by atoms with E-state index in [4.69, 9.17) is 18.9 Å². The van der Waals surface area contributed by atoms with Gasteiger partial charge in [0.2, 0.25) is 5.54 Å². The number of hydroxylamine groups is 1. The Morgan fingerprint density at radius 3 is 1.56 bits per heavy atom. The normalized spacial score (nSPS) is 12.4. The van der Waals surface area contributed by atoms with Crippen LogP contribution in [0.25, 0.3) is 32.3 Å². The van der Waals surface area contributed by atoms with E-state index in [1.165, 1.54) is 14.2 Å². The molecule has 4 aromatic carbocycles. The van der Waals surface area contributed by atoms with Crippen molar-refractivity contribution in [2.45, 2.75) is 52.6 Å². The van der Waals surface area contributed by atoms with E-state index in [0.717, 1.165) is 31.4 Å². The molecule has 0 aromatic heterocycles. The summed E-state index contributed by atoms with van der Waals surface area (Å²) in [6.07, 6.45) is 0. The fourth-order valence-electron chi connectivity index (χ4n) is 4.87. The van der Waals surface area contributed by atoms with Crippen LogP contribution >= 0.6 is 0 Å². The molecule has 8 nitrogen and oxygen atoms in total. The molecular formula is C28H34N2O6. The molecule has 0 amide bonds. The van der Waals surface area contributed by atoms with Crippen molar-refractivity contribution in [1.29, 1.82) is 0 Å². The van der Waals surface area contributed by atoms with Crippen molar-refractivity contribution < 1.29 is 23.7 Å². The predicted molar refractivity (Wildman–Crippen MR) is 145 cm³/mol. The second-order valence-electron chi connectivity index (χ2n) is 10.8. The second-order valence-corrected chi connectivity index (χ2v) is 10.8. The molecule has 0 aliphatic rings. The van der Waals surface area contributed by atoms with Gasteiger partial charge in [0.05, 0.1) is 33.8 Å². The highest BCUT2D eigenvalue weighted by atomic mass is 16.5. The first kappa shape index (κ1) is 25.6. The topological polar surface area (TPSA) is 83.3 Å². The summed E-state index contributed by atoms with van der Waals surface area (Å²) >= 11 is 0. The first-order valence-corrected chi connectivity index (χ1v) is 11.8. The predicted octanol–water partition coefficient (Wildman–Crippen LogP) is 6.93. The molecule has 0 bridgehead atoms. The van der Waals surface area contributed by atoms with Crippen LogP contribution in [0.3, 0.4) is 0 Å². The smallest absolute Gasteiger partial charge is 0.268 e. The molecule has 0 atom stereocenters. The van der Waals surface area contributed by atoms with Gasteiger partial charge in [-0.3, -0.25) is 0 Å². The van der Waals surface area contributed by atoms with E-state index in [0.29, 0.717) is 45.1 Å². The van der Waals surface area contributed by atoms with Crippen LogP contribution in [0.15, 0.2) is 24.3 Å². The standard InChI is InChI=1S/C28H34N2O6/c1-27(2,3)29(31)17-13-11-15-19-20-16(24(34-8)23(15)33-7)12-14-18(30(32)28(4,5)6)22(20)26(36-10)25(35-9)21(17)19/h11-14H,1-10H3. The third-order valence-corrected chi connectivity index (χ3v) is 6.45. The molecule has 0 aliphatic carbocycles. The van der Waals surface area contributed by atoms with Crippen LogP contribution in [0.1, 0.15) is 41.5 Å². The molecule has 192 valence electrons. The van der Waals surface area contributed by atoms with Gasteiger partial charge >= 0.3 is 0 Å². The number of ether oxygens (including phenoxy) is 4. The number of benzene rings is 4. The first-order chi connectivity index (χ1) is 16.8. The van der Waals surface area contributed by atoms with Gasteiger partial charge < -0.3 is 29.2 Å². The average Bonchev–Trinajstić information content (AvgIpc) is 2.83. The summed E-state index contributed by atoms with van der Waals surface area (Å²) in [4.78, 5) is 13.6. The zero-order chi connectivity index (χ0) is 26.7. The number of rotatable bonds is 6. The minimum Gasteiger partial charge on any atom is -0.758 e. The van der Waals surface area contributed by atoms with Crippen LogP contribution in [0, 0.1) is 10.1 Å². The van der Waals surface area contributed by atoms with E-state index in [2.05, 4.69) is 0 Å². The van der Waals surface area contributed by atoms with Gasteiger partial charge in [0, 0.05) is 69.3 Å². The molecule has 4 rings (SSSR count). The van der Waals surface area contributed by atoms with Gasteiger partial charge in [0.15, 0.2) is 23.0 Å². The van der Waals surface area contributed by atoms with Crippen molar-refractivity contribution in [3.63, 3.8) is 0 Å². The molecule has 36 heavy (non-hydrogen) atoms. The first-order valence-electron chi connectivity index (χ1n) is 11.8. The van der Waals surface area contributed by atoms with Gasteiger partial charge in [-0.15, -0.1) is 0 Å².